The summed E-state index contributed by atoms with van der Waals surface area (Å²) in [6.45, 7) is 2.61. The number of rotatable bonds is 9. The van der Waals surface area contributed by atoms with Gasteiger partial charge in [0, 0.05) is 22.7 Å². The second-order valence-electron chi connectivity index (χ2n) is 5.47. The Labute approximate surface area is 130 Å². The van der Waals surface area contributed by atoms with E-state index in [-0.39, 0.29) is 0 Å². The molecule has 1 saturated carbocycles. The van der Waals surface area contributed by atoms with E-state index in [0.717, 1.165) is 6.54 Å². The minimum Gasteiger partial charge on any atom is -0.389 e. The van der Waals surface area contributed by atoms with Crippen molar-refractivity contribution in [1.82, 2.24) is 5.32 Å². The van der Waals surface area contributed by atoms with Gasteiger partial charge in [-0.15, -0.1) is 11.3 Å². The quantitative estimate of drug-likeness (QED) is 0.735. The molecule has 0 bridgehead atoms. The maximum Gasteiger partial charge on any atom is 0.0897 e. The third-order valence-electron chi connectivity index (χ3n) is 3.91. The van der Waals surface area contributed by atoms with Gasteiger partial charge in [-0.1, -0.05) is 18.9 Å². The molecule has 3 nitrogen and oxygen atoms in total. The molecule has 20 heavy (non-hydrogen) atoms. The first-order chi connectivity index (χ1) is 9.74. The van der Waals surface area contributed by atoms with Crippen molar-refractivity contribution in [3.05, 3.63) is 22.4 Å². The predicted molar refractivity (Wildman–Crippen MR) is 87.6 cm³/mol. The fraction of sp³-hybridized carbons (Fsp3) is 0.733. The molecule has 0 spiro atoms. The van der Waals surface area contributed by atoms with Crippen LogP contribution in [-0.2, 0) is 11.3 Å². The molecule has 0 aromatic carbocycles. The van der Waals surface area contributed by atoms with E-state index >= 15 is 0 Å². The molecule has 0 aliphatic heterocycles. The van der Waals surface area contributed by atoms with E-state index in [1.807, 2.05) is 23.2 Å². The zero-order valence-electron chi connectivity index (χ0n) is 12.1. The Morgan fingerprint density at radius 2 is 2.30 bits per heavy atom. The van der Waals surface area contributed by atoms with E-state index in [4.69, 9.17) is 4.74 Å². The van der Waals surface area contributed by atoms with E-state index in [2.05, 4.69) is 17.6 Å². The van der Waals surface area contributed by atoms with Crippen LogP contribution in [0.2, 0.25) is 0 Å². The highest BCUT2D eigenvalue weighted by molar-refractivity contribution is 8.00. The highest BCUT2D eigenvalue weighted by Crippen LogP contribution is 2.39. The molecule has 1 heterocycles. The van der Waals surface area contributed by atoms with E-state index in [0.29, 0.717) is 24.5 Å². The molecule has 1 aromatic rings. The SMILES string of the molecule is CSC1(CNCC(O)COCc2cccs2)CCCC1. The second-order valence-corrected chi connectivity index (χ2v) is 7.78. The van der Waals surface area contributed by atoms with E-state index in [9.17, 15) is 5.11 Å². The summed E-state index contributed by atoms with van der Waals surface area (Å²) in [5.74, 6) is 0. The number of thiophene rings is 1. The smallest absolute Gasteiger partial charge is 0.0897 e. The zero-order valence-corrected chi connectivity index (χ0v) is 13.8. The van der Waals surface area contributed by atoms with Crippen molar-refractivity contribution >= 4 is 23.1 Å². The van der Waals surface area contributed by atoms with Crippen molar-refractivity contribution in [3.8, 4) is 0 Å². The Bertz CT molecular complexity index is 364. The van der Waals surface area contributed by atoms with Crippen molar-refractivity contribution in [2.75, 3.05) is 26.0 Å². The topological polar surface area (TPSA) is 41.5 Å². The van der Waals surface area contributed by atoms with Gasteiger partial charge in [0.2, 0.25) is 0 Å². The molecule has 0 amide bonds. The molecule has 5 heteroatoms. The van der Waals surface area contributed by atoms with E-state index in [1.54, 1.807) is 11.3 Å². The van der Waals surface area contributed by atoms with Gasteiger partial charge in [0.1, 0.15) is 0 Å². The first-order valence-corrected chi connectivity index (χ1v) is 9.39. The maximum absolute atomic E-state index is 9.92. The lowest BCUT2D eigenvalue weighted by Gasteiger charge is -2.27. The largest absolute Gasteiger partial charge is 0.389 e. The molecule has 2 rings (SSSR count). The summed E-state index contributed by atoms with van der Waals surface area (Å²) in [4.78, 5) is 1.21. The molecule has 114 valence electrons. The summed E-state index contributed by atoms with van der Waals surface area (Å²) in [5, 5.41) is 15.4. The standard InChI is InChI=1S/C15H25NO2S2/c1-19-15(6-2-3-7-15)12-16-9-13(17)10-18-11-14-5-4-8-20-14/h4-5,8,13,16-17H,2-3,6-7,9-12H2,1H3. The van der Waals surface area contributed by atoms with Gasteiger partial charge in [-0.2, -0.15) is 11.8 Å². The number of hydrogen-bond donors (Lipinski definition) is 2. The fourth-order valence-corrected chi connectivity index (χ4v) is 4.27. The average molecular weight is 316 g/mol. The average Bonchev–Trinajstić information content (AvgIpc) is 3.10. The number of thioether (sulfide) groups is 1. The van der Waals surface area contributed by atoms with Crippen LogP contribution in [0.1, 0.15) is 30.6 Å². The van der Waals surface area contributed by atoms with Crippen molar-refractivity contribution < 1.29 is 9.84 Å². The Balaban J connectivity index is 1.56. The summed E-state index contributed by atoms with van der Waals surface area (Å²) < 4.78 is 5.93. The Kier molecular flexibility index (Phi) is 6.84. The summed E-state index contributed by atoms with van der Waals surface area (Å²) in [6, 6.07) is 4.07. The highest BCUT2D eigenvalue weighted by atomic mass is 32.2. The van der Waals surface area contributed by atoms with E-state index < -0.39 is 6.10 Å². The van der Waals surface area contributed by atoms with Gasteiger partial charge in [-0.25, -0.2) is 0 Å². The first kappa shape index (κ1) is 16.3. The maximum atomic E-state index is 9.92. The normalized spacial score (nSPS) is 19.3. The minimum absolute atomic E-state index is 0.400. The van der Waals surface area contributed by atoms with E-state index in [1.165, 1.54) is 30.6 Å². The van der Waals surface area contributed by atoms with Gasteiger partial charge in [0.25, 0.3) is 0 Å². The minimum atomic E-state index is -0.421. The van der Waals surface area contributed by atoms with Crippen molar-refractivity contribution in [2.45, 2.75) is 43.1 Å². The molecule has 0 radical (unpaired) electrons. The van der Waals surface area contributed by atoms with Crippen LogP contribution in [0.25, 0.3) is 0 Å². The Morgan fingerprint density at radius 1 is 1.50 bits per heavy atom. The molecule has 1 aliphatic rings. The third kappa shape index (κ3) is 5.04. The predicted octanol–water partition coefficient (Wildman–Crippen LogP) is 2.89. The van der Waals surface area contributed by atoms with Crippen LogP contribution in [-0.4, -0.2) is 41.9 Å². The molecule has 1 fully saturated rings. The van der Waals surface area contributed by atoms with Crippen LogP contribution in [0, 0.1) is 0 Å². The summed E-state index contributed by atoms with van der Waals surface area (Å²) in [7, 11) is 0. The van der Waals surface area contributed by atoms with Crippen LogP contribution >= 0.6 is 23.1 Å². The molecule has 1 aliphatic carbocycles. The van der Waals surface area contributed by atoms with Gasteiger partial charge in [-0.3, -0.25) is 0 Å². The summed E-state index contributed by atoms with van der Waals surface area (Å²) in [5.41, 5.74) is 0. The van der Waals surface area contributed by atoms with Crippen molar-refractivity contribution in [1.29, 1.82) is 0 Å². The number of ether oxygens (including phenoxy) is 1. The van der Waals surface area contributed by atoms with Crippen LogP contribution in [0.15, 0.2) is 17.5 Å². The van der Waals surface area contributed by atoms with Crippen LogP contribution < -0.4 is 5.32 Å². The van der Waals surface area contributed by atoms with Gasteiger partial charge < -0.3 is 15.2 Å². The molecule has 1 unspecified atom stereocenters. The zero-order chi connectivity index (χ0) is 14.3. The van der Waals surface area contributed by atoms with Gasteiger partial charge in [0.15, 0.2) is 0 Å². The lowest BCUT2D eigenvalue weighted by molar-refractivity contribution is 0.0297. The lowest BCUT2D eigenvalue weighted by Crippen LogP contribution is -2.39. The van der Waals surface area contributed by atoms with Crippen molar-refractivity contribution in [2.24, 2.45) is 0 Å². The molecular formula is C15H25NO2S2. The van der Waals surface area contributed by atoms with Crippen LogP contribution in [0.5, 0.6) is 0 Å². The Morgan fingerprint density at radius 3 is 2.95 bits per heavy atom. The number of aliphatic hydroxyl groups excluding tert-OH is 1. The van der Waals surface area contributed by atoms with Gasteiger partial charge >= 0.3 is 0 Å². The number of hydrogen-bond acceptors (Lipinski definition) is 5. The second kappa shape index (κ2) is 8.39. The molecule has 0 saturated heterocycles. The summed E-state index contributed by atoms with van der Waals surface area (Å²) in [6.07, 6.45) is 7.06. The van der Waals surface area contributed by atoms with Crippen LogP contribution in [0.4, 0.5) is 0 Å². The molecular weight excluding hydrogens is 290 g/mol. The summed E-state index contributed by atoms with van der Waals surface area (Å²) >= 11 is 3.66. The lowest BCUT2D eigenvalue weighted by atomic mass is 10.1. The van der Waals surface area contributed by atoms with Gasteiger partial charge in [0.05, 0.1) is 19.3 Å². The molecule has 1 atom stereocenters. The van der Waals surface area contributed by atoms with Gasteiger partial charge in [-0.05, 0) is 30.5 Å². The molecule has 2 N–H and O–H groups in total. The fourth-order valence-electron chi connectivity index (χ4n) is 2.69. The Hall–Kier alpha value is -0.0700. The van der Waals surface area contributed by atoms with Crippen LogP contribution in [0.3, 0.4) is 0 Å². The first-order valence-electron chi connectivity index (χ1n) is 7.28. The highest BCUT2D eigenvalue weighted by Gasteiger charge is 2.32. The van der Waals surface area contributed by atoms with Crippen molar-refractivity contribution in [3.63, 3.8) is 0 Å². The monoisotopic (exact) mass is 315 g/mol. The third-order valence-corrected chi connectivity index (χ3v) is 6.18. The molecule has 1 aromatic heterocycles. The number of aliphatic hydroxyl groups is 1. The number of nitrogens with one attached hydrogen (secondary N) is 1.